The van der Waals surface area contributed by atoms with Crippen molar-refractivity contribution in [3.63, 3.8) is 0 Å². The van der Waals surface area contributed by atoms with Gasteiger partial charge in [-0.3, -0.25) is 9.59 Å². The summed E-state index contributed by atoms with van der Waals surface area (Å²) in [6, 6.07) is 20.4. The third-order valence-electron chi connectivity index (χ3n) is 4.82. The van der Waals surface area contributed by atoms with Crippen molar-refractivity contribution in [1.82, 2.24) is 4.57 Å². The molecule has 0 bridgehead atoms. The number of fused-ring (bicyclic) bond motifs is 1. The summed E-state index contributed by atoms with van der Waals surface area (Å²) < 4.78 is 1.82. The topological polar surface area (TPSA) is 59.3 Å². The number of carboxylic acid groups (broad SMARTS) is 1. The fraction of sp³-hybridized carbons (Fsp3) is 0.130. The van der Waals surface area contributed by atoms with Crippen LogP contribution in [0.25, 0.3) is 0 Å². The number of hydrogen-bond donors (Lipinski definition) is 1. The van der Waals surface area contributed by atoms with E-state index in [-0.39, 0.29) is 5.78 Å². The van der Waals surface area contributed by atoms with E-state index in [1.54, 1.807) is 24.3 Å². The molecule has 27 heavy (non-hydrogen) atoms. The fourth-order valence-electron chi connectivity index (χ4n) is 3.41. The summed E-state index contributed by atoms with van der Waals surface area (Å²) in [5.41, 5.74) is 3.59. The second-order valence-corrected chi connectivity index (χ2v) is 6.50. The zero-order chi connectivity index (χ0) is 18.8. The predicted molar refractivity (Wildman–Crippen MR) is 102 cm³/mol. The lowest BCUT2D eigenvalue weighted by Gasteiger charge is -2.06. The first-order valence-corrected chi connectivity index (χ1v) is 8.77. The van der Waals surface area contributed by atoms with Crippen LogP contribution in [0.1, 0.15) is 45.2 Å². The van der Waals surface area contributed by atoms with Crippen LogP contribution >= 0.6 is 0 Å². The van der Waals surface area contributed by atoms with Gasteiger partial charge < -0.3 is 9.67 Å². The first-order chi connectivity index (χ1) is 13.1. The average Bonchev–Trinajstić information content (AvgIpc) is 3.29. The van der Waals surface area contributed by atoms with E-state index in [2.05, 4.69) is 11.8 Å². The number of carbonyl (C=O) groups is 2. The van der Waals surface area contributed by atoms with Gasteiger partial charge in [-0.2, -0.15) is 0 Å². The van der Waals surface area contributed by atoms with Gasteiger partial charge in [-0.15, -0.1) is 0 Å². The van der Waals surface area contributed by atoms with Crippen molar-refractivity contribution in [2.75, 3.05) is 0 Å². The lowest BCUT2D eigenvalue weighted by molar-refractivity contribution is -0.138. The zero-order valence-electron chi connectivity index (χ0n) is 14.6. The lowest BCUT2D eigenvalue weighted by atomic mass is 10.0. The molecule has 1 N–H and O–H groups in total. The van der Waals surface area contributed by atoms with Crippen molar-refractivity contribution in [2.45, 2.75) is 18.9 Å². The average molecular weight is 355 g/mol. The fourth-order valence-corrected chi connectivity index (χ4v) is 3.41. The highest BCUT2D eigenvalue weighted by Gasteiger charge is 2.31. The van der Waals surface area contributed by atoms with Gasteiger partial charge >= 0.3 is 5.97 Å². The highest BCUT2D eigenvalue weighted by Crippen LogP contribution is 2.31. The molecule has 0 fully saturated rings. The maximum Gasteiger partial charge on any atom is 0.312 e. The van der Waals surface area contributed by atoms with Gasteiger partial charge in [0.2, 0.25) is 5.78 Å². The smallest absolute Gasteiger partial charge is 0.312 e. The van der Waals surface area contributed by atoms with E-state index in [1.807, 2.05) is 47.0 Å². The van der Waals surface area contributed by atoms with Gasteiger partial charge in [0.25, 0.3) is 0 Å². The van der Waals surface area contributed by atoms with Gasteiger partial charge in [-0.25, -0.2) is 0 Å². The lowest BCUT2D eigenvalue weighted by Crippen LogP contribution is -2.10. The molecule has 1 atom stereocenters. The van der Waals surface area contributed by atoms with Crippen molar-refractivity contribution in [2.24, 2.45) is 0 Å². The number of rotatable bonds is 3. The minimum absolute atomic E-state index is 0.102. The summed E-state index contributed by atoms with van der Waals surface area (Å²) in [6.07, 6.45) is 0.528. The molecule has 1 unspecified atom stereocenters. The Bertz CT molecular complexity index is 1070. The highest BCUT2D eigenvalue weighted by molar-refractivity contribution is 6.08. The molecule has 0 amide bonds. The number of ketones is 1. The third kappa shape index (κ3) is 3.28. The highest BCUT2D eigenvalue weighted by atomic mass is 16.4. The molecule has 3 aromatic rings. The van der Waals surface area contributed by atoms with Crippen LogP contribution < -0.4 is 0 Å². The van der Waals surface area contributed by atoms with Crippen LogP contribution in [0.2, 0.25) is 0 Å². The van der Waals surface area contributed by atoms with Gasteiger partial charge in [-0.05, 0) is 55.0 Å². The predicted octanol–water partition coefficient (Wildman–Crippen LogP) is 3.69. The van der Waals surface area contributed by atoms with E-state index in [1.165, 1.54) is 0 Å². The van der Waals surface area contributed by atoms with Crippen LogP contribution in [0.15, 0.2) is 66.7 Å². The molecular weight excluding hydrogens is 338 g/mol. The Balaban J connectivity index is 1.55. The molecule has 0 aliphatic carbocycles. The summed E-state index contributed by atoms with van der Waals surface area (Å²) in [6.45, 7) is 0.557. The molecule has 4 rings (SSSR count). The second kappa shape index (κ2) is 6.97. The monoisotopic (exact) mass is 355 g/mol. The molecule has 0 saturated carbocycles. The number of carboxylic acids is 1. The van der Waals surface area contributed by atoms with Gasteiger partial charge in [-0.1, -0.05) is 30.0 Å². The van der Waals surface area contributed by atoms with Crippen LogP contribution in [0.5, 0.6) is 0 Å². The summed E-state index contributed by atoms with van der Waals surface area (Å²) in [5, 5.41) is 9.28. The van der Waals surface area contributed by atoms with Crippen molar-refractivity contribution in [3.8, 4) is 11.8 Å². The molecule has 4 nitrogen and oxygen atoms in total. The number of carbonyl (C=O) groups excluding carboxylic acids is 1. The minimum Gasteiger partial charge on any atom is -0.481 e. The summed E-state index contributed by atoms with van der Waals surface area (Å²) in [4.78, 5) is 24.1. The first-order valence-electron chi connectivity index (χ1n) is 8.77. The number of aliphatic carboxylic acids is 1. The molecular formula is C23H17NO3. The molecule has 2 aromatic carbocycles. The number of nitrogens with zero attached hydrogens (tertiary/aromatic N) is 1. The third-order valence-corrected chi connectivity index (χ3v) is 4.82. The maximum absolute atomic E-state index is 12.8. The van der Waals surface area contributed by atoms with E-state index >= 15 is 0 Å². The standard InChI is InChI=1S/C23H17NO3/c25-22(21-13-12-20-19(23(26)27)14-15-24(20)21)18-10-8-17(9-11-18)7-6-16-4-2-1-3-5-16/h1-5,8-13,19H,14-15H2,(H,26,27). The van der Waals surface area contributed by atoms with Crippen molar-refractivity contribution < 1.29 is 14.7 Å². The Morgan fingerprint density at radius 2 is 1.56 bits per heavy atom. The molecule has 1 aromatic heterocycles. The van der Waals surface area contributed by atoms with Crippen LogP contribution in [-0.4, -0.2) is 21.4 Å². The van der Waals surface area contributed by atoms with Gasteiger partial charge in [0.05, 0.1) is 11.6 Å². The summed E-state index contributed by atoms with van der Waals surface area (Å²) >= 11 is 0. The largest absolute Gasteiger partial charge is 0.481 e. The van der Waals surface area contributed by atoms with Crippen LogP contribution in [0, 0.1) is 11.8 Å². The van der Waals surface area contributed by atoms with Crippen molar-refractivity contribution in [1.29, 1.82) is 0 Å². The Hall–Kier alpha value is -3.58. The zero-order valence-corrected chi connectivity index (χ0v) is 14.6. The molecule has 0 spiro atoms. The summed E-state index contributed by atoms with van der Waals surface area (Å²) in [5.74, 6) is 4.71. The number of hydrogen-bond acceptors (Lipinski definition) is 2. The molecule has 1 aliphatic rings. The van der Waals surface area contributed by atoms with Crippen molar-refractivity contribution >= 4 is 11.8 Å². The second-order valence-electron chi connectivity index (χ2n) is 6.50. The minimum atomic E-state index is -0.841. The van der Waals surface area contributed by atoms with E-state index in [9.17, 15) is 14.7 Å². The quantitative estimate of drug-likeness (QED) is 0.576. The normalized spacial score (nSPS) is 14.9. The molecule has 0 radical (unpaired) electrons. The maximum atomic E-state index is 12.8. The van der Waals surface area contributed by atoms with Crippen LogP contribution in [-0.2, 0) is 11.3 Å². The Morgan fingerprint density at radius 1 is 0.889 bits per heavy atom. The number of benzene rings is 2. The Labute approximate surface area is 157 Å². The van der Waals surface area contributed by atoms with Crippen LogP contribution in [0.3, 0.4) is 0 Å². The number of aromatic nitrogens is 1. The van der Waals surface area contributed by atoms with Gasteiger partial charge in [0.1, 0.15) is 0 Å². The summed E-state index contributed by atoms with van der Waals surface area (Å²) in [7, 11) is 0. The van der Waals surface area contributed by atoms with E-state index < -0.39 is 11.9 Å². The molecule has 4 heteroatoms. The van der Waals surface area contributed by atoms with Gasteiger partial charge in [0.15, 0.2) is 0 Å². The molecule has 2 heterocycles. The van der Waals surface area contributed by atoms with E-state index in [0.717, 1.165) is 11.1 Å². The van der Waals surface area contributed by atoms with Crippen LogP contribution in [0.4, 0.5) is 0 Å². The molecule has 0 saturated heterocycles. The molecule has 132 valence electrons. The molecule has 1 aliphatic heterocycles. The Morgan fingerprint density at radius 3 is 2.22 bits per heavy atom. The van der Waals surface area contributed by atoms with E-state index in [4.69, 9.17) is 0 Å². The van der Waals surface area contributed by atoms with Crippen molar-refractivity contribution in [3.05, 3.63) is 94.8 Å². The Kier molecular flexibility index (Phi) is 4.35. The van der Waals surface area contributed by atoms with E-state index in [0.29, 0.717) is 29.9 Å². The van der Waals surface area contributed by atoms with Gasteiger partial charge in [0, 0.05) is 28.9 Å². The first kappa shape index (κ1) is 16.9. The SMILES string of the molecule is O=C(c1ccc(C#Cc2ccccc2)cc1)c1ccc2n1CCC2C(=O)O.